The quantitative estimate of drug-likeness (QED) is 0.637. The van der Waals surface area contributed by atoms with E-state index in [0.29, 0.717) is 18.3 Å². The predicted molar refractivity (Wildman–Crippen MR) is 54.7 cm³/mol. The predicted octanol–water partition coefficient (Wildman–Crippen LogP) is 2.52. The first-order chi connectivity index (χ1) is 6.00. The Labute approximate surface area is 81.7 Å². The van der Waals surface area contributed by atoms with Crippen molar-refractivity contribution >= 4 is 5.78 Å². The van der Waals surface area contributed by atoms with Gasteiger partial charge in [0, 0.05) is 25.6 Å². The Morgan fingerprint density at radius 3 is 2.15 bits per heavy atom. The summed E-state index contributed by atoms with van der Waals surface area (Å²) in [5.74, 6) is 1.12. The number of hydrogen-bond acceptors (Lipinski definition) is 2. The molecule has 0 N–H and O–H groups in total. The van der Waals surface area contributed by atoms with Crippen molar-refractivity contribution < 1.29 is 9.53 Å². The lowest BCUT2D eigenvalue weighted by Crippen LogP contribution is -2.24. The van der Waals surface area contributed by atoms with E-state index >= 15 is 0 Å². The van der Waals surface area contributed by atoms with Crippen LogP contribution in [-0.4, -0.2) is 19.5 Å². The zero-order chi connectivity index (χ0) is 10.4. The minimum Gasteiger partial charge on any atom is -0.385 e. The molecule has 2 unspecified atom stereocenters. The van der Waals surface area contributed by atoms with Gasteiger partial charge in [-0.05, 0) is 12.3 Å². The molecule has 0 heterocycles. The van der Waals surface area contributed by atoms with Crippen LogP contribution in [0.25, 0.3) is 0 Å². The van der Waals surface area contributed by atoms with Crippen molar-refractivity contribution in [2.24, 2.45) is 17.8 Å². The van der Waals surface area contributed by atoms with Crippen LogP contribution in [0.4, 0.5) is 0 Å². The maximum Gasteiger partial charge on any atom is 0.138 e. The fourth-order valence-electron chi connectivity index (χ4n) is 1.21. The average Bonchev–Trinajstić information content (AvgIpc) is 2.11. The third-order valence-electron chi connectivity index (χ3n) is 2.69. The van der Waals surface area contributed by atoms with E-state index in [4.69, 9.17) is 4.74 Å². The highest BCUT2D eigenvalue weighted by atomic mass is 16.5. The minimum absolute atomic E-state index is 0.136. The molecule has 0 aliphatic rings. The van der Waals surface area contributed by atoms with Crippen LogP contribution < -0.4 is 0 Å². The number of hydrogen-bond donors (Lipinski definition) is 0. The standard InChI is InChI=1S/C11H22O2/c1-8(2)10(4)11(12)9(3)6-7-13-5/h8-10H,6-7H2,1-5H3. The van der Waals surface area contributed by atoms with Gasteiger partial charge in [-0.2, -0.15) is 0 Å². The normalized spacial score (nSPS) is 15.8. The van der Waals surface area contributed by atoms with Crippen LogP contribution in [0.1, 0.15) is 34.1 Å². The Kier molecular flexibility index (Phi) is 5.97. The lowest BCUT2D eigenvalue weighted by molar-refractivity contribution is -0.127. The van der Waals surface area contributed by atoms with Gasteiger partial charge in [-0.25, -0.2) is 0 Å². The molecular formula is C11H22O2. The molecule has 0 aromatic heterocycles. The fourth-order valence-corrected chi connectivity index (χ4v) is 1.21. The van der Waals surface area contributed by atoms with E-state index in [0.717, 1.165) is 6.42 Å². The number of carbonyl (C=O) groups excluding carboxylic acids is 1. The lowest BCUT2D eigenvalue weighted by atomic mass is 9.86. The van der Waals surface area contributed by atoms with Crippen molar-refractivity contribution in [1.29, 1.82) is 0 Å². The smallest absolute Gasteiger partial charge is 0.138 e. The van der Waals surface area contributed by atoms with Crippen LogP contribution in [-0.2, 0) is 9.53 Å². The molecule has 0 spiro atoms. The second-order valence-corrected chi connectivity index (χ2v) is 4.12. The molecule has 0 amide bonds. The molecule has 13 heavy (non-hydrogen) atoms. The molecule has 2 nitrogen and oxygen atoms in total. The van der Waals surface area contributed by atoms with Gasteiger partial charge >= 0.3 is 0 Å². The third kappa shape index (κ3) is 4.41. The van der Waals surface area contributed by atoms with E-state index in [1.165, 1.54) is 0 Å². The van der Waals surface area contributed by atoms with Crippen molar-refractivity contribution in [1.82, 2.24) is 0 Å². The van der Waals surface area contributed by atoms with E-state index in [-0.39, 0.29) is 11.8 Å². The van der Waals surface area contributed by atoms with Gasteiger partial charge in [0.25, 0.3) is 0 Å². The zero-order valence-electron chi connectivity index (χ0n) is 9.46. The monoisotopic (exact) mass is 186 g/mol. The van der Waals surface area contributed by atoms with Crippen LogP contribution >= 0.6 is 0 Å². The molecule has 2 heteroatoms. The highest BCUT2D eigenvalue weighted by Crippen LogP contribution is 2.17. The van der Waals surface area contributed by atoms with E-state index < -0.39 is 0 Å². The molecular weight excluding hydrogens is 164 g/mol. The minimum atomic E-state index is 0.136. The van der Waals surface area contributed by atoms with Crippen LogP contribution in [0.2, 0.25) is 0 Å². The summed E-state index contributed by atoms with van der Waals surface area (Å²) >= 11 is 0. The molecule has 0 aliphatic carbocycles. The fraction of sp³-hybridized carbons (Fsp3) is 0.909. The molecule has 0 radical (unpaired) electrons. The summed E-state index contributed by atoms with van der Waals surface area (Å²) in [6, 6.07) is 0. The van der Waals surface area contributed by atoms with Gasteiger partial charge < -0.3 is 4.74 Å². The second-order valence-electron chi connectivity index (χ2n) is 4.12. The van der Waals surface area contributed by atoms with E-state index in [2.05, 4.69) is 13.8 Å². The molecule has 0 fully saturated rings. The molecule has 0 saturated carbocycles. The van der Waals surface area contributed by atoms with Crippen molar-refractivity contribution in [3.05, 3.63) is 0 Å². The third-order valence-corrected chi connectivity index (χ3v) is 2.69. The molecule has 0 aromatic carbocycles. The summed E-state index contributed by atoms with van der Waals surface area (Å²) in [5, 5.41) is 0. The van der Waals surface area contributed by atoms with Gasteiger partial charge in [-0.3, -0.25) is 4.79 Å². The Morgan fingerprint density at radius 1 is 1.23 bits per heavy atom. The molecule has 0 aliphatic heterocycles. The lowest BCUT2D eigenvalue weighted by Gasteiger charge is -2.18. The Hall–Kier alpha value is -0.370. The summed E-state index contributed by atoms with van der Waals surface area (Å²) in [7, 11) is 1.67. The summed E-state index contributed by atoms with van der Waals surface area (Å²) in [5.41, 5.74) is 0. The van der Waals surface area contributed by atoms with Crippen LogP contribution in [0.5, 0.6) is 0 Å². The maximum atomic E-state index is 11.7. The van der Waals surface area contributed by atoms with Gasteiger partial charge in [0.2, 0.25) is 0 Å². The average molecular weight is 186 g/mol. The van der Waals surface area contributed by atoms with Gasteiger partial charge in [-0.15, -0.1) is 0 Å². The summed E-state index contributed by atoms with van der Waals surface area (Å²) in [4.78, 5) is 11.7. The Bertz CT molecular complexity index is 152. The molecule has 0 aromatic rings. The Balaban J connectivity index is 3.94. The van der Waals surface area contributed by atoms with Gasteiger partial charge in [0.1, 0.15) is 5.78 Å². The first-order valence-corrected chi connectivity index (χ1v) is 5.03. The first kappa shape index (κ1) is 12.6. The zero-order valence-corrected chi connectivity index (χ0v) is 9.46. The SMILES string of the molecule is COCCC(C)C(=O)C(C)C(C)C. The van der Waals surface area contributed by atoms with Crippen LogP contribution in [0.15, 0.2) is 0 Å². The maximum absolute atomic E-state index is 11.7. The number of methoxy groups -OCH3 is 1. The highest BCUT2D eigenvalue weighted by molar-refractivity contribution is 5.82. The molecule has 0 rings (SSSR count). The van der Waals surface area contributed by atoms with Gasteiger partial charge in [0.15, 0.2) is 0 Å². The number of Topliss-reactive ketones (excluding diaryl/α,β-unsaturated/α-hetero) is 1. The van der Waals surface area contributed by atoms with Crippen molar-refractivity contribution in [2.75, 3.05) is 13.7 Å². The van der Waals surface area contributed by atoms with Gasteiger partial charge in [-0.1, -0.05) is 27.7 Å². The summed E-state index contributed by atoms with van der Waals surface area (Å²) in [6.07, 6.45) is 0.840. The van der Waals surface area contributed by atoms with Crippen molar-refractivity contribution in [3.8, 4) is 0 Å². The molecule has 0 bridgehead atoms. The largest absolute Gasteiger partial charge is 0.385 e. The number of rotatable bonds is 6. The number of carbonyl (C=O) groups is 1. The second kappa shape index (κ2) is 6.14. The topological polar surface area (TPSA) is 26.3 Å². The van der Waals surface area contributed by atoms with E-state index in [1.807, 2.05) is 13.8 Å². The highest BCUT2D eigenvalue weighted by Gasteiger charge is 2.21. The van der Waals surface area contributed by atoms with E-state index in [1.54, 1.807) is 7.11 Å². The molecule has 78 valence electrons. The molecule has 0 saturated heterocycles. The van der Waals surface area contributed by atoms with Crippen molar-refractivity contribution in [2.45, 2.75) is 34.1 Å². The van der Waals surface area contributed by atoms with Crippen LogP contribution in [0, 0.1) is 17.8 Å². The van der Waals surface area contributed by atoms with Crippen molar-refractivity contribution in [3.63, 3.8) is 0 Å². The van der Waals surface area contributed by atoms with Gasteiger partial charge in [0.05, 0.1) is 0 Å². The number of ether oxygens (including phenoxy) is 1. The first-order valence-electron chi connectivity index (χ1n) is 5.03. The molecule has 2 atom stereocenters. The summed E-state index contributed by atoms with van der Waals surface area (Å²) in [6.45, 7) is 8.85. The number of ketones is 1. The Morgan fingerprint density at radius 2 is 1.77 bits per heavy atom. The van der Waals surface area contributed by atoms with E-state index in [9.17, 15) is 4.79 Å². The van der Waals surface area contributed by atoms with Crippen LogP contribution in [0.3, 0.4) is 0 Å². The summed E-state index contributed by atoms with van der Waals surface area (Å²) < 4.78 is 4.95.